The molecule has 0 aliphatic heterocycles. The number of nitrogens with zero attached hydrogens (tertiary/aromatic N) is 2. The number of carbonyl (C=O) groups is 1. The van der Waals surface area contributed by atoms with Gasteiger partial charge in [-0.1, -0.05) is 11.6 Å². The predicted octanol–water partition coefficient (Wildman–Crippen LogP) is 4.57. The maximum Gasteiger partial charge on any atom is 0.234 e. The summed E-state index contributed by atoms with van der Waals surface area (Å²) in [6, 6.07) is 9.63. The first-order valence-corrected chi connectivity index (χ1v) is 9.99. The van der Waals surface area contributed by atoms with Crippen LogP contribution in [0.3, 0.4) is 0 Å². The fourth-order valence-corrected chi connectivity index (χ4v) is 3.84. The quantitative estimate of drug-likeness (QED) is 0.782. The normalized spacial score (nSPS) is 16.8. The Hall–Kier alpha value is -1.97. The van der Waals surface area contributed by atoms with Crippen molar-refractivity contribution in [3.8, 4) is 17.4 Å². The SMILES string of the molecule is CC(SCc1ncc(-c2ccc(Cl)cc2)o1)C(=O)NC1(C#N)CCCC1. The van der Waals surface area contributed by atoms with Crippen molar-refractivity contribution in [1.29, 1.82) is 5.26 Å². The summed E-state index contributed by atoms with van der Waals surface area (Å²) >= 11 is 7.33. The van der Waals surface area contributed by atoms with Crippen LogP contribution >= 0.6 is 23.4 Å². The zero-order chi connectivity index (χ0) is 18.6. The molecule has 1 fully saturated rings. The lowest BCUT2D eigenvalue weighted by Gasteiger charge is -2.23. The Morgan fingerprint density at radius 2 is 2.12 bits per heavy atom. The number of amides is 1. The number of nitriles is 1. The number of benzene rings is 1. The molecule has 0 bridgehead atoms. The molecule has 26 heavy (non-hydrogen) atoms. The van der Waals surface area contributed by atoms with Crippen LogP contribution in [0.4, 0.5) is 0 Å². The van der Waals surface area contributed by atoms with E-state index in [2.05, 4.69) is 16.4 Å². The monoisotopic (exact) mass is 389 g/mol. The maximum absolute atomic E-state index is 12.4. The number of halogens is 1. The van der Waals surface area contributed by atoms with Crippen molar-refractivity contribution in [2.75, 3.05) is 0 Å². The summed E-state index contributed by atoms with van der Waals surface area (Å²) < 4.78 is 5.76. The van der Waals surface area contributed by atoms with Gasteiger partial charge >= 0.3 is 0 Å². The molecule has 0 spiro atoms. The lowest BCUT2D eigenvalue weighted by molar-refractivity contribution is -0.121. The Morgan fingerprint density at radius 3 is 2.77 bits per heavy atom. The van der Waals surface area contributed by atoms with Gasteiger partial charge in [0.1, 0.15) is 5.54 Å². The second-order valence-corrected chi connectivity index (χ2v) is 8.23. The van der Waals surface area contributed by atoms with Crippen LogP contribution in [-0.4, -0.2) is 21.7 Å². The summed E-state index contributed by atoms with van der Waals surface area (Å²) in [5.41, 5.74) is 0.220. The van der Waals surface area contributed by atoms with Crippen molar-refractivity contribution in [2.45, 2.75) is 49.1 Å². The van der Waals surface area contributed by atoms with Crippen LogP contribution in [0.5, 0.6) is 0 Å². The highest BCUT2D eigenvalue weighted by atomic mass is 35.5. The highest BCUT2D eigenvalue weighted by Crippen LogP contribution is 2.30. The molecule has 1 atom stereocenters. The number of aromatic nitrogens is 1. The molecule has 1 aromatic heterocycles. The molecule has 0 radical (unpaired) electrons. The van der Waals surface area contributed by atoms with Gasteiger partial charge in [-0.2, -0.15) is 5.26 Å². The number of hydrogen-bond donors (Lipinski definition) is 1. The van der Waals surface area contributed by atoms with Gasteiger partial charge in [0.2, 0.25) is 11.8 Å². The molecule has 1 aromatic carbocycles. The molecule has 5 nitrogen and oxygen atoms in total. The van der Waals surface area contributed by atoms with Gasteiger partial charge in [-0.25, -0.2) is 4.98 Å². The summed E-state index contributed by atoms with van der Waals surface area (Å²) in [6.45, 7) is 1.84. The average Bonchev–Trinajstić information content (AvgIpc) is 3.30. The zero-order valence-electron chi connectivity index (χ0n) is 14.5. The Kier molecular flexibility index (Phi) is 5.90. The number of hydrogen-bond acceptors (Lipinski definition) is 5. The number of rotatable bonds is 6. The first kappa shape index (κ1) is 18.8. The number of nitrogens with one attached hydrogen (secondary N) is 1. The lowest BCUT2D eigenvalue weighted by Crippen LogP contribution is -2.48. The van der Waals surface area contributed by atoms with Gasteiger partial charge in [-0.15, -0.1) is 11.8 Å². The third-order valence-electron chi connectivity index (χ3n) is 4.54. The summed E-state index contributed by atoms with van der Waals surface area (Å²) in [4.78, 5) is 16.7. The maximum atomic E-state index is 12.4. The van der Waals surface area contributed by atoms with Gasteiger partial charge in [-0.3, -0.25) is 4.79 Å². The minimum Gasteiger partial charge on any atom is -0.440 e. The standard InChI is InChI=1S/C19H20ClN3O2S/c1-13(18(24)23-19(12-21)8-2-3-9-19)26-11-17-22-10-16(25-17)14-4-6-15(20)7-5-14/h4-7,10,13H,2-3,8-9,11H2,1H3,(H,23,24). The smallest absolute Gasteiger partial charge is 0.234 e. The molecule has 1 amide bonds. The lowest BCUT2D eigenvalue weighted by atomic mass is 10.00. The van der Waals surface area contributed by atoms with Crippen molar-refractivity contribution >= 4 is 29.3 Å². The van der Waals surface area contributed by atoms with Crippen LogP contribution in [0.25, 0.3) is 11.3 Å². The molecule has 1 N–H and O–H groups in total. The Balaban J connectivity index is 1.54. The molecule has 1 heterocycles. The fraction of sp³-hybridized carbons (Fsp3) is 0.421. The van der Waals surface area contributed by atoms with Crippen molar-refractivity contribution in [2.24, 2.45) is 0 Å². The minimum atomic E-state index is -0.684. The van der Waals surface area contributed by atoms with E-state index in [-0.39, 0.29) is 11.2 Å². The van der Waals surface area contributed by atoms with E-state index in [9.17, 15) is 10.1 Å². The summed E-state index contributed by atoms with van der Waals surface area (Å²) in [5.74, 6) is 1.61. The van der Waals surface area contributed by atoms with Crippen LogP contribution in [-0.2, 0) is 10.5 Å². The van der Waals surface area contributed by atoms with E-state index in [0.717, 1.165) is 31.2 Å². The highest BCUT2D eigenvalue weighted by molar-refractivity contribution is 7.99. The van der Waals surface area contributed by atoms with Gasteiger partial charge in [0.25, 0.3) is 0 Å². The van der Waals surface area contributed by atoms with E-state index in [1.54, 1.807) is 18.3 Å². The first-order chi connectivity index (χ1) is 12.5. The molecule has 0 saturated heterocycles. The molecular weight excluding hydrogens is 370 g/mol. The van der Waals surface area contributed by atoms with Crippen molar-refractivity contribution in [3.63, 3.8) is 0 Å². The molecular formula is C19H20ClN3O2S. The number of carbonyl (C=O) groups excluding carboxylic acids is 1. The fourth-order valence-electron chi connectivity index (χ4n) is 2.98. The van der Waals surface area contributed by atoms with Crippen molar-refractivity contribution < 1.29 is 9.21 Å². The third kappa shape index (κ3) is 4.40. The van der Waals surface area contributed by atoms with E-state index in [1.807, 2.05) is 19.1 Å². The van der Waals surface area contributed by atoms with Gasteiger partial charge < -0.3 is 9.73 Å². The Labute approximate surface area is 162 Å². The largest absolute Gasteiger partial charge is 0.440 e. The third-order valence-corrected chi connectivity index (χ3v) is 5.92. The van der Waals surface area contributed by atoms with Gasteiger partial charge in [-0.05, 0) is 56.9 Å². The van der Waals surface area contributed by atoms with Gasteiger partial charge in [0.15, 0.2) is 5.76 Å². The van der Waals surface area contributed by atoms with Crippen molar-refractivity contribution in [3.05, 3.63) is 41.4 Å². The average molecular weight is 390 g/mol. The van der Waals surface area contributed by atoms with Gasteiger partial charge in [0, 0.05) is 10.6 Å². The summed E-state index contributed by atoms with van der Waals surface area (Å²) in [6.07, 6.45) is 5.11. The number of thioether (sulfide) groups is 1. The van der Waals surface area contributed by atoms with Crippen LogP contribution < -0.4 is 5.32 Å². The van der Waals surface area contributed by atoms with Gasteiger partial charge in [0.05, 0.1) is 23.3 Å². The second kappa shape index (κ2) is 8.15. The second-order valence-electron chi connectivity index (χ2n) is 6.47. The topological polar surface area (TPSA) is 78.9 Å². The molecule has 7 heteroatoms. The minimum absolute atomic E-state index is 0.108. The van der Waals surface area contributed by atoms with E-state index in [4.69, 9.17) is 16.0 Å². The first-order valence-electron chi connectivity index (χ1n) is 8.57. The Bertz CT molecular complexity index is 807. The zero-order valence-corrected chi connectivity index (χ0v) is 16.1. The molecule has 2 aromatic rings. The van der Waals surface area contributed by atoms with Crippen LogP contribution in [0, 0.1) is 11.3 Å². The van der Waals surface area contributed by atoms with E-state index >= 15 is 0 Å². The highest BCUT2D eigenvalue weighted by Gasteiger charge is 2.36. The Morgan fingerprint density at radius 1 is 1.42 bits per heavy atom. The van der Waals surface area contributed by atoms with E-state index < -0.39 is 5.54 Å². The molecule has 136 valence electrons. The molecule has 1 saturated carbocycles. The van der Waals surface area contributed by atoms with Crippen molar-refractivity contribution in [1.82, 2.24) is 10.3 Å². The molecule has 1 unspecified atom stereocenters. The van der Waals surface area contributed by atoms with Crippen LogP contribution in [0.15, 0.2) is 34.9 Å². The van der Waals surface area contributed by atoms with Crippen LogP contribution in [0.2, 0.25) is 5.02 Å². The van der Waals surface area contributed by atoms with E-state index in [0.29, 0.717) is 22.4 Å². The number of oxazole rings is 1. The molecule has 1 aliphatic carbocycles. The molecule has 1 aliphatic rings. The summed E-state index contributed by atoms with van der Waals surface area (Å²) in [5, 5.41) is 12.7. The molecule has 3 rings (SSSR count). The predicted molar refractivity (Wildman–Crippen MR) is 103 cm³/mol. The van der Waals surface area contributed by atoms with E-state index in [1.165, 1.54) is 11.8 Å². The summed E-state index contributed by atoms with van der Waals surface area (Å²) in [7, 11) is 0. The van der Waals surface area contributed by atoms with Crippen LogP contribution in [0.1, 0.15) is 38.5 Å².